The molecule has 1 aromatic heterocycles. The maximum Gasteiger partial charge on any atom is 0.0625 e. The van der Waals surface area contributed by atoms with Crippen molar-refractivity contribution in [2.75, 3.05) is 7.05 Å². The summed E-state index contributed by atoms with van der Waals surface area (Å²) in [5, 5.41) is 8.06. The number of benzene rings is 1. The van der Waals surface area contributed by atoms with Crippen LogP contribution in [0.3, 0.4) is 0 Å². The lowest BCUT2D eigenvalue weighted by molar-refractivity contribution is 0.459. The van der Waals surface area contributed by atoms with Crippen molar-refractivity contribution in [3.05, 3.63) is 52.3 Å². The molecule has 0 aliphatic carbocycles. The van der Waals surface area contributed by atoms with Gasteiger partial charge in [0.15, 0.2) is 0 Å². The zero-order chi connectivity index (χ0) is 15.6. The highest BCUT2D eigenvalue weighted by molar-refractivity contribution is 5.27. The van der Waals surface area contributed by atoms with Gasteiger partial charge in [-0.2, -0.15) is 5.10 Å². The summed E-state index contributed by atoms with van der Waals surface area (Å²) in [5.74, 6) is 0.575. The van der Waals surface area contributed by atoms with Gasteiger partial charge in [0.1, 0.15) is 0 Å². The summed E-state index contributed by atoms with van der Waals surface area (Å²) in [7, 11) is 2.01. The van der Waals surface area contributed by atoms with E-state index in [4.69, 9.17) is 0 Å². The van der Waals surface area contributed by atoms with Crippen LogP contribution in [0.15, 0.2) is 24.3 Å². The number of aryl methyl sites for hydroxylation is 1. The Kier molecular flexibility index (Phi) is 4.84. The number of likely N-dealkylation sites (N-methyl/N-ethyl adjacent to an activating group) is 1. The van der Waals surface area contributed by atoms with E-state index in [9.17, 15) is 0 Å². The molecule has 0 saturated carbocycles. The van der Waals surface area contributed by atoms with Crippen molar-refractivity contribution in [2.45, 2.75) is 53.1 Å². The fraction of sp³-hybridized carbons (Fsp3) is 0.500. The molecule has 0 fully saturated rings. The van der Waals surface area contributed by atoms with E-state index in [1.54, 1.807) is 0 Å². The molecule has 1 heterocycles. The molecular weight excluding hydrogens is 258 g/mol. The summed E-state index contributed by atoms with van der Waals surface area (Å²) in [5.41, 5.74) is 6.37. The van der Waals surface area contributed by atoms with Gasteiger partial charge in [-0.25, -0.2) is 0 Å². The van der Waals surface area contributed by atoms with Gasteiger partial charge >= 0.3 is 0 Å². The molecule has 0 saturated heterocycles. The molecule has 0 radical (unpaired) electrons. The number of hydrogen-bond donors (Lipinski definition) is 1. The van der Waals surface area contributed by atoms with Crippen LogP contribution in [-0.2, 0) is 6.54 Å². The molecule has 2 rings (SSSR count). The molecule has 0 aliphatic heterocycles. The second-order valence-electron chi connectivity index (χ2n) is 6.14. The number of nitrogens with zero attached hydrogens (tertiary/aromatic N) is 2. The van der Waals surface area contributed by atoms with Gasteiger partial charge < -0.3 is 5.32 Å². The van der Waals surface area contributed by atoms with Crippen LogP contribution in [0.25, 0.3) is 0 Å². The lowest BCUT2D eigenvalue weighted by atomic mass is 9.99. The summed E-state index contributed by atoms with van der Waals surface area (Å²) in [4.78, 5) is 0. The van der Waals surface area contributed by atoms with Crippen LogP contribution >= 0.6 is 0 Å². The lowest BCUT2D eigenvalue weighted by Gasteiger charge is -2.18. The van der Waals surface area contributed by atoms with E-state index in [1.807, 2.05) is 7.05 Å². The van der Waals surface area contributed by atoms with E-state index in [-0.39, 0.29) is 6.04 Å². The Labute approximate surface area is 128 Å². The van der Waals surface area contributed by atoms with Gasteiger partial charge in [0, 0.05) is 5.69 Å². The smallest absolute Gasteiger partial charge is 0.0625 e. The highest BCUT2D eigenvalue weighted by Crippen LogP contribution is 2.21. The van der Waals surface area contributed by atoms with Crippen LogP contribution in [0.1, 0.15) is 53.9 Å². The predicted molar refractivity (Wildman–Crippen MR) is 88.8 cm³/mol. The number of aromatic nitrogens is 2. The topological polar surface area (TPSA) is 29.9 Å². The predicted octanol–water partition coefficient (Wildman–Crippen LogP) is 3.89. The Morgan fingerprint density at radius 1 is 1.05 bits per heavy atom. The molecule has 2 aromatic rings. The monoisotopic (exact) mass is 285 g/mol. The molecule has 1 N–H and O–H groups in total. The number of hydrogen-bond acceptors (Lipinski definition) is 2. The molecule has 0 spiro atoms. The molecule has 3 nitrogen and oxygen atoms in total. The van der Waals surface area contributed by atoms with Gasteiger partial charge in [-0.3, -0.25) is 4.68 Å². The van der Waals surface area contributed by atoms with Crippen LogP contribution in [0.4, 0.5) is 0 Å². The fourth-order valence-electron chi connectivity index (χ4n) is 2.61. The third-order valence-electron chi connectivity index (χ3n) is 4.45. The highest BCUT2D eigenvalue weighted by Gasteiger charge is 2.14. The van der Waals surface area contributed by atoms with Crippen molar-refractivity contribution in [3.8, 4) is 0 Å². The van der Waals surface area contributed by atoms with Gasteiger partial charge in [-0.1, -0.05) is 38.1 Å². The first-order valence-corrected chi connectivity index (χ1v) is 7.71. The Balaban J connectivity index is 2.21. The van der Waals surface area contributed by atoms with Crippen LogP contribution in [0.5, 0.6) is 0 Å². The van der Waals surface area contributed by atoms with Crippen molar-refractivity contribution in [1.29, 1.82) is 0 Å². The average molecular weight is 285 g/mol. The second-order valence-corrected chi connectivity index (χ2v) is 6.14. The fourth-order valence-corrected chi connectivity index (χ4v) is 2.61. The van der Waals surface area contributed by atoms with Crippen molar-refractivity contribution in [1.82, 2.24) is 15.1 Å². The Morgan fingerprint density at radius 2 is 1.62 bits per heavy atom. The summed E-state index contributed by atoms with van der Waals surface area (Å²) in [6.07, 6.45) is 0. The minimum absolute atomic E-state index is 0.281. The van der Waals surface area contributed by atoms with Gasteiger partial charge in [0.25, 0.3) is 0 Å². The first-order chi connectivity index (χ1) is 9.93. The molecule has 0 bridgehead atoms. The molecule has 1 atom stereocenters. The highest BCUT2D eigenvalue weighted by atomic mass is 15.3. The maximum atomic E-state index is 4.65. The van der Waals surface area contributed by atoms with E-state index in [2.05, 4.69) is 74.0 Å². The van der Waals surface area contributed by atoms with Gasteiger partial charge in [-0.05, 0) is 50.4 Å². The molecule has 1 aromatic carbocycles. The molecular formula is C18H27N3. The minimum atomic E-state index is 0.281. The molecule has 21 heavy (non-hydrogen) atoms. The van der Waals surface area contributed by atoms with Crippen molar-refractivity contribution in [2.24, 2.45) is 0 Å². The van der Waals surface area contributed by atoms with Crippen LogP contribution in [0.2, 0.25) is 0 Å². The first-order valence-electron chi connectivity index (χ1n) is 7.71. The third kappa shape index (κ3) is 3.35. The maximum absolute atomic E-state index is 4.65. The number of rotatable bonds is 5. The number of nitrogens with one attached hydrogen (secondary N) is 1. The van der Waals surface area contributed by atoms with E-state index in [0.717, 1.165) is 12.2 Å². The van der Waals surface area contributed by atoms with E-state index < -0.39 is 0 Å². The Hall–Kier alpha value is -1.61. The standard InChI is InChI=1S/C18H27N3/c1-12(2)16-7-9-17(10-8-16)18(19-6)11-21-15(5)13(3)14(4)20-21/h7-10,12,18-19H,11H2,1-6H3. The van der Waals surface area contributed by atoms with Crippen LogP contribution in [-0.4, -0.2) is 16.8 Å². The zero-order valence-corrected chi connectivity index (χ0v) is 14.1. The normalized spacial score (nSPS) is 12.9. The molecule has 3 heteroatoms. The van der Waals surface area contributed by atoms with E-state index in [0.29, 0.717) is 5.92 Å². The van der Waals surface area contributed by atoms with Crippen molar-refractivity contribution in [3.63, 3.8) is 0 Å². The third-order valence-corrected chi connectivity index (χ3v) is 4.45. The first kappa shape index (κ1) is 15.8. The SMILES string of the molecule is CNC(Cn1nc(C)c(C)c1C)c1ccc(C(C)C)cc1. The quantitative estimate of drug-likeness (QED) is 0.903. The van der Waals surface area contributed by atoms with Gasteiger partial charge in [0.05, 0.1) is 18.3 Å². The zero-order valence-electron chi connectivity index (χ0n) is 14.1. The summed E-state index contributed by atoms with van der Waals surface area (Å²) < 4.78 is 2.11. The lowest BCUT2D eigenvalue weighted by Crippen LogP contribution is -2.23. The van der Waals surface area contributed by atoms with Crippen molar-refractivity contribution < 1.29 is 0 Å². The minimum Gasteiger partial charge on any atom is -0.311 e. The molecule has 0 amide bonds. The molecule has 0 aliphatic rings. The average Bonchev–Trinajstić information content (AvgIpc) is 2.72. The second kappa shape index (κ2) is 6.44. The Bertz CT molecular complexity index is 594. The molecule has 114 valence electrons. The largest absolute Gasteiger partial charge is 0.311 e. The van der Waals surface area contributed by atoms with E-state index >= 15 is 0 Å². The van der Waals surface area contributed by atoms with Crippen LogP contribution < -0.4 is 5.32 Å². The molecule has 1 unspecified atom stereocenters. The van der Waals surface area contributed by atoms with Gasteiger partial charge in [0.2, 0.25) is 0 Å². The summed E-state index contributed by atoms with van der Waals surface area (Å²) >= 11 is 0. The summed E-state index contributed by atoms with van der Waals surface area (Å²) in [6, 6.07) is 9.21. The Morgan fingerprint density at radius 3 is 2.05 bits per heavy atom. The van der Waals surface area contributed by atoms with E-state index in [1.165, 1.54) is 22.4 Å². The van der Waals surface area contributed by atoms with Crippen molar-refractivity contribution >= 4 is 0 Å². The van der Waals surface area contributed by atoms with Gasteiger partial charge in [-0.15, -0.1) is 0 Å². The van der Waals surface area contributed by atoms with Crippen LogP contribution in [0, 0.1) is 20.8 Å². The summed E-state index contributed by atoms with van der Waals surface area (Å²) in [6.45, 7) is 11.7.